The van der Waals surface area contributed by atoms with Gasteiger partial charge in [0.15, 0.2) is 11.5 Å². The number of aromatic nitrogens is 5. The second kappa shape index (κ2) is 16.4. The van der Waals surface area contributed by atoms with Crippen LogP contribution in [0.3, 0.4) is 0 Å². The van der Waals surface area contributed by atoms with E-state index in [4.69, 9.17) is 22.1 Å². The number of alkyl halides is 6. The van der Waals surface area contributed by atoms with Crippen molar-refractivity contribution in [2.24, 2.45) is 16.0 Å². The van der Waals surface area contributed by atoms with E-state index < -0.39 is 114 Å². The molecule has 3 aromatic heterocycles. The Morgan fingerprint density at radius 3 is 2.51 bits per heavy atom. The molecule has 13 nitrogen and oxygen atoms in total. The maximum atomic E-state index is 15.5. The average molecular weight is 900 g/mol. The number of nitrogens with two attached hydrogens (primary N) is 1. The lowest BCUT2D eigenvalue weighted by Gasteiger charge is -2.25. The Morgan fingerprint density at radius 2 is 1.87 bits per heavy atom. The Hall–Kier alpha value is -5.48. The van der Waals surface area contributed by atoms with Gasteiger partial charge >= 0.3 is 0 Å². The normalized spacial score (nSPS) is 17.9. The number of hydrogen-bond donors (Lipinski definition) is 3. The molecule has 2 aromatic carbocycles. The molecule has 61 heavy (non-hydrogen) atoms. The van der Waals surface area contributed by atoms with E-state index in [2.05, 4.69) is 30.1 Å². The van der Waals surface area contributed by atoms with Crippen LogP contribution in [0, 0.1) is 17.6 Å². The van der Waals surface area contributed by atoms with Crippen LogP contribution in [0.1, 0.15) is 72.1 Å². The van der Waals surface area contributed by atoms with Gasteiger partial charge in [0.1, 0.15) is 41.6 Å². The summed E-state index contributed by atoms with van der Waals surface area (Å²) in [5, 5.41) is 8.91. The van der Waals surface area contributed by atoms with Crippen molar-refractivity contribution in [1.29, 1.82) is 0 Å². The minimum Gasteiger partial charge on any atom is -0.591 e. The lowest BCUT2D eigenvalue weighted by atomic mass is 10.0. The smallest absolute Gasteiger partial charge is 0.293 e. The molecule has 4 unspecified atom stereocenters. The predicted molar refractivity (Wildman–Crippen MR) is 208 cm³/mol. The topological polar surface area (TPSA) is 177 Å². The van der Waals surface area contributed by atoms with Crippen molar-refractivity contribution in [1.82, 2.24) is 29.6 Å². The van der Waals surface area contributed by atoms with Gasteiger partial charge in [-0.25, -0.2) is 31.3 Å². The van der Waals surface area contributed by atoms with E-state index in [1.54, 1.807) is 0 Å². The van der Waals surface area contributed by atoms with E-state index in [1.807, 2.05) is 0 Å². The summed E-state index contributed by atoms with van der Waals surface area (Å²) >= 11 is 4.70. The zero-order valence-corrected chi connectivity index (χ0v) is 33.7. The number of carbonyl (C=O) groups excluding carboxylic acids is 1. The van der Waals surface area contributed by atoms with Crippen molar-refractivity contribution in [3.63, 3.8) is 0 Å². The molecule has 4 atom stereocenters. The van der Waals surface area contributed by atoms with Crippen LogP contribution in [0.25, 0.3) is 16.7 Å². The molecule has 7 rings (SSSR count). The molecule has 0 saturated heterocycles. The maximum Gasteiger partial charge on any atom is 0.293 e. The predicted octanol–water partition coefficient (Wildman–Crippen LogP) is 6.62. The van der Waals surface area contributed by atoms with Crippen LogP contribution in [-0.2, 0) is 35.0 Å². The molecule has 5 aromatic rings. The van der Waals surface area contributed by atoms with Crippen molar-refractivity contribution in [2.75, 3.05) is 25.2 Å². The molecular formula is C38H34ClF8N9O4S. The van der Waals surface area contributed by atoms with E-state index in [1.165, 1.54) is 37.6 Å². The van der Waals surface area contributed by atoms with E-state index in [-0.39, 0.29) is 62.3 Å². The van der Waals surface area contributed by atoms with E-state index in [9.17, 15) is 40.5 Å². The van der Waals surface area contributed by atoms with Gasteiger partial charge in [-0.3, -0.25) is 18.8 Å². The van der Waals surface area contributed by atoms with Crippen LogP contribution in [0.4, 0.5) is 40.8 Å². The third-order valence-corrected chi connectivity index (χ3v) is 10.9. The van der Waals surface area contributed by atoms with Crippen molar-refractivity contribution >= 4 is 51.4 Å². The molecule has 1 saturated carbocycles. The first-order valence-electron chi connectivity index (χ1n) is 18.3. The fourth-order valence-corrected chi connectivity index (χ4v) is 8.14. The van der Waals surface area contributed by atoms with Gasteiger partial charge in [0.2, 0.25) is 17.7 Å². The second-order valence-corrected chi connectivity index (χ2v) is 16.0. The monoisotopic (exact) mass is 899 g/mol. The number of pyridine rings is 1. The number of carbonyl (C=O) groups is 1. The van der Waals surface area contributed by atoms with Gasteiger partial charge in [-0.15, -0.1) is 0 Å². The van der Waals surface area contributed by atoms with Gasteiger partial charge in [-0.05, 0) is 59.6 Å². The highest BCUT2D eigenvalue weighted by Crippen LogP contribution is 2.68. The van der Waals surface area contributed by atoms with Crippen LogP contribution in [0.5, 0.6) is 5.88 Å². The molecule has 324 valence electrons. The number of halogens is 9. The fourth-order valence-electron chi connectivity index (χ4n) is 7.51. The van der Waals surface area contributed by atoms with Gasteiger partial charge in [-0.2, -0.15) is 18.9 Å². The Kier molecular flexibility index (Phi) is 11.7. The van der Waals surface area contributed by atoms with Crippen LogP contribution in [0.15, 0.2) is 51.7 Å². The molecule has 0 spiro atoms. The van der Waals surface area contributed by atoms with Crippen molar-refractivity contribution in [2.45, 2.75) is 63.0 Å². The summed E-state index contributed by atoms with van der Waals surface area (Å²) in [4.78, 5) is 37.6. The number of amides is 1. The highest BCUT2D eigenvalue weighted by molar-refractivity contribution is 7.89. The second-order valence-electron chi connectivity index (χ2n) is 14.5. The number of amidine groups is 1. The molecule has 0 aliphatic heterocycles. The molecule has 23 heteroatoms. The third kappa shape index (κ3) is 8.69. The summed E-state index contributed by atoms with van der Waals surface area (Å²) in [6, 6.07) is 5.91. The van der Waals surface area contributed by atoms with Gasteiger partial charge in [0.25, 0.3) is 17.9 Å². The van der Waals surface area contributed by atoms with Gasteiger partial charge in [0, 0.05) is 43.5 Å². The van der Waals surface area contributed by atoms with Gasteiger partial charge in [0.05, 0.1) is 51.4 Å². The molecule has 3 heterocycles. The third-order valence-electron chi connectivity index (χ3n) is 10.1. The minimum absolute atomic E-state index is 0.00594. The van der Waals surface area contributed by atoms with Crippen LogP contribution in [-0.4, -0.2) is 66.4 Å². The number of rotatable bonds is 15. The number of benzene rings is 2. The number of ether oxygens (including phenoxy) is 1. The Labute approximate surface area is 348 Å². The highest BCUT2D eigenvalue weighted by atomic mass is 35.5. The molecule has 0 radical (unpaired) electrons. The molecule has 1 amide bonds. The Morgan fingerprint density at radius 1 is 1.16 bits per heavy atom. The Bertz CT molecular complexity index is 2620. The van der Waals surface area contributed by atoms with E-state index in [0.717, 1.165) is 16.7 Å². The zero-order chi connectivity index (χ0) is 44.3. The standard InChI is InChI=1S/C38H34ClF8N9O4S/c1-37(44,45)8-9-60-26-7-4-19-34(51-26)52-35(56(36(19)58)24-6-5-22(39)28(29(24)49-2)33(48)54-61(3)59)23(12-16-10-17(40)13-18(41)11-16)50-25(57)15-55-31-27(30(53-55)32(42)43)20-14-21(20)38(31,46)47/h4-7,10-11,13,20-21,23,32,49H,8-9,12,14-15H2,1-3H3,(H2,48,54)(H,50,57). The number of hydrogen-bond acceptors (Lipinski definition) is 9. The Balaban J connectivity index is 1.42. The summed E-state index contributed by atoms with van der Waals surface area (Å²) in [5.74, 6) is -12.9. The lowest BCUT2D eigenvalue weighted by molar-refractivity contribution is -0.123. The quantitative estimate of drug-likeness (QED) is 0.0451. The minimum atomic E-state index is -3.58. The number of fused-ring (bicyclic) bond motifs is 4. The first-order valence-corrected chi connectivity index (χ1v) is 20.2. The van der Waals surface area contributed by atoms with E-state index >= 15 is 8.78 Å². The van der Waals surface area contributed by atoms with Gasteiger partial charge < -0.3 is 25.7 Å². The largest absolute Gasteiger partial charge is 0.591 e. The van der Waals surface area contributed by atoms with Crippen LogP contribution < -0.4 is 26.7 Å². The summed E-state index contributed by atoms with van der Waals surface area (Å²) in [6.07, 6.45) is -3.28. The molecule has 2 aliphatic carbocycles. The molecular weight excluding hydrogens is 866 g/mol. The molecule has 2 aliphatic rings. The zero-order valence-electron chi connectivity index (χ0n) is 32.1. The van der Waals surface area contributed by atoms with Crippen molar-refractivity contribution in [3.8, 4) is 11.6 Å². The first kappa shape index (κ1) is 43.6. The molecule has 0 bridgehead atoms. The van der Waals surface area contributed by atoms with E-state index in [0.29, 0.717) is 17.7 Å². The SMILES string of the molecule is CNc1c(-n2c(C(Cc3cc(F)cc(F)c3)NC(=O)Cn3nc(C(F)F)c4c3C(F)(F)C3CC43)nc3nc(OCCC(C)(F)F)ccc3c2=O)ccc(Cl)c1C(N)=N[S+](C)[O-]. The number of nitrogens with zero attached hydrogens (tertiary/aromatic N) is 6. The maximum absolute atomic E-state index is 15.5. The van der Waals surface area contributed by atoms with Crippen LogP contribution in [0.2, 0.25) is 5.02 Å². The van der Waals surface area contributed by atoms with Crippen molar-refractivity contribution in [3.05, 3.63) is 103 Å². The average Bonchev–Trinajstić information content (AvgIpc) is 3.81. The van der Waals surface area contributed by atoms with Crippen molar-refractivity contribution < 1.29 is 49.2 Å². The first-order chi connectivity index (χ1) is 28.7. The number of anilines is 1. The molecule has 4 N–H and O–H groups in total. The number of nitrogens with one attached hydrogen (secondary N) is 2. The lowest BCUT2D eigenvalue weighted by Crippen LogP contribution is -2.38. The summed E-state index contributed by atoms with van der Waals surface area (Å²) in [6.45, 7) is -0.846. The van der Waals surface area contributed by atoms with Crippen LogP contribution >= 0.6 is 11.6 Å². The summed E-state index contributed by atoms with van der Waals surface area (Å²) < 4.78 is 138. The summed E-state index contributed by atoms with van der Waals surface area (Å²) in [7, 11) is 1.42. The molecule has 1 fully saturated rings. The van der Waals surface area contributed by atoms with Gasteiger partial charge in [-0.1, -0.05) is 11.6 Å². The highest BCUT2D eigenvalue weighted by Gasteiger charge is 2.67. The fraction of sp³-hybridized carbons (Fsp3) is 0.368. The summed E-state index contributed by atoms with van der Waals surface area (Å²) in [5.41, 5.74) is 2.72.